The number of para-hydroxylation sites is 1. The van der Waals surface area contributed by atoms with Gasteiger partial charge in [-0.05, 0) is 49.1 Å². The number of hydrogen-bond acceptors (Lipinski definition) is 2. The fourth-order valence-corrected chi connectivity index (χ4v) is 2.86. The summed E-state index contributed by atoms with van der Waals surface area (Å²) in [5.74, 6) is 0. The summed E-state index contributed by atoms with van der Waals surface area (Å²) < 4.78 is 0. The van der Waals surface area contributed by atoms with Crippen LogP contribution in [-0.2, 0) is 6.54 Å². The van der Waals surface area contributed by atoms with Crippen LogP contribution in [0.4, 0.5) is 5.69 Å². The first-order valence-corrected chi connectivity index (χ1v) is 7.54. The molecule has 3 aromatic rings. The van der Waals surface area contributed by atoms with Crippen LogP contribution in [0.3, 0.4) is 0 Å². The summed E-state index contributed by atoms with van der Waals surface area (Å²) in [7, 11) is 0. The smallest absolute Gasteiger partial charge is 0.253 e. The second-order valence-electron chi connectivity index (χ2n) is 5.50. The SMILES string of the molecule is Cc1cc(C)c2[nH]c(=O)c(CNc3ccccc3Cl)cc2c1. The van der Waals surface area contributed by atoms with Gasteiger partial charge in [-0.2, -0.15) is 0 Å². The van der Waals surface area contributed by atoms with Crippen LogP contribution in [0.5, 0.6) is 0 Å². The minimum absolute atomic E-state index is 0.0704. The van der Waals surface area contributed by atoms with Gasteiger partial charge in [0.2, 0.25) is 0 Å². The lowest BCUT2D eigenvalue weighted by molar-refractivity contribution is 1.09. The number of benzene rings is 2. The van der Waals surface area contributed by atoms with E-state index >= 15 is 0 Å². The molecule has 0 spiro atoms. The number of aromatic amines is 1. The highest BCUT2D eigenvalue weighted by atomic mass is 35.5. The third-order valence-electron chi connectivity index (χ3n) is 3.71. The van der Waals surface area contributed by atoms with E-state index in [0.29, 0.717) is 17.1 Å². The van der Waals surface area contributed by atoms with Gasteiger partial charge in [0.15, 0.2) is 0 Å². The highest BCUT2D eigenvalue weighted by Gasteiger charge is 2.06. The molecule has 22 heavy (non-hydrogen) atoms. The van der Waals surface area contributed by atoms with Crippen LogP contribution in [0, 0.1) is 13.8 Å². The molecule has 0 saturated carbocycles. The Bertz CT molecular complexity index is 899. The van der Waals surface area contributed by atoms with Crippen molar-refractivity contribution in [3.05, 3.63) is 74.5 Å². The Morgan fingerprint density at radius 2 is 1.91 bits per heavy atom. The molecule has 1 heterocycles. The third-order valence-corrected chi connectivity index (χ3v) is 4.04. The Balaban J connectivity index is 1.96. The van der Waals surface area contributed by atoms with Gasteiger partial charge < -0.3 is 10.3 Å². The zero-order valence-electron chi connectivity index (χ0n) is 12.5. The average molecular weight is 313 g/mol. The van der Waals surface area contributed by atoms with Gasteiger partial charge in [0.1, 0.15) is 0 Å². The van der Waals surface area contributed by atoms with E-state index in [1.807, 2.05) is 37.3 Å². The number of halogens is 1. The van der Waals surface area contributed by atoms with Crippen LogP contribution >= 0.6 is 11.6 Å². The highest BCUT2D eigenvalue weighted by Crippen LogP contribution is 2.22. The molecule has 1 aromatic heterocycles. The van der Waals surface area contributed by atoms with Crippen LogP contribution < -0.4 is 10.9 Å². The molecule has 0 unspecified atom stereocenters. The van der Waals surface area contributed by atoms with Crippen LogP contribution in [-0.4, -0.2) is 4.98 Å². The molecule has 4 heteroatoms. The molecular weight excluding hydrogens is 296 g/mol. The third kappa shape index (κ3) is 2.85. The Hall–Kier alpha value is -2.26. The predicted molar refractivity (Wildman–Crippen MR) is 92.8 cm³/mol. The summed E-state index contributed by atoms with van der Waals surface area (Å²) in [6.45, 7) is 4.49. The van der Waals surface area contributed by atoms with Crippen molar-refractivity contribution < 1.29 is 0 Å². The fraction of sp³-hybridized carbons (Fsp3) is 0.167. The van der Waals surface area contributed by atoms with Crippen molar-refractivity contribution in [1.82, 2.24) is 4.98 Å². The maximum absolute atomic E-state index is 12.2. The average Bonchev–Trinajstić information content (AvgIpc) is 2.47. The second-order valence-corrected chi connectivity index (χ2v) is 5.91. The summed E-state index contributed by atoms with van der Waals surface area (Å²) >= 11 is 6.12. The van der Waals surface area contributed by atoms with Crippen LogP contribution in [0.15, 0.2) is 47.3 Å². The first-order valence-electron chi connectivity index (χ1n) is 7.16. The number of nitrogens with one attached hydrogen (secondary N) is 2. The van der Waals surface area contributed by atoms with E-state index in [4.69, 9.17) is 11.6 Å². The first kappa shape index (κ1) is 14.7. The molecule has 3 nitrogen and oxygen atoms in total. The van der Waals surface area contributed by atoms with Crippen LogP contribution in [0.2, 0.25) is 5.02 Å². The van der Waals surface area contributed by atoms with E-state index in [9.17, 15) is 4.79 Å². The number of fused-ring (bicyclic) bond motifs is 1. The molecule has 2 aromatic carbocycles. The van der Waals surface area contributed by atoms with Crippen molar-refractivity contribution in [3.63, 3.8) is 0 Å². The number of pyridine rings is 1. The van der Waals surface area contributed by atoms with Crippen molar-refractivity contribution in [2.45, 2.75) is 20.4 Å². The maximum Gasteiger partial charge on any atom is 0.253 e. The molecule has 3 rings (SSSR count). The van der Waals surface area contributed by atoms with E-state index < -0.39 is 0 Å². The lowest BCUT2D eigenvalue weighted by atomic mass is 10.1. The Labute approximate surface area is 133 Å². The molecule has 0 aliphatic heterocycles. The van der Waals surface area contributed by atoms with Gasteiger partial charge in [-0.3, -0.25) is 4.79 Å². The monoisotopic (exact) mass is 312 g/mol. The molecule has 0 atom stereocenters. The molecule has 112 valence electrons. The van der Waals surface area contributed by atoms with Crippen molar-refractivity contribution in [3.8, 4) is 0 Å². The lowest BCUT2D eigenvalue weighted by Crippen LogP contribution is -2.16. The molecule has 0 amide bonds. The number of hydrogen-bond donors (Lipinski definition) is 2. The summed E-state index contributed by atoms with van der Waals surface area (Å²) in [6, 6.07) is 13.6. The van der Waals surface area contributed by atoms with Crippen molar-refractivity contribution in [1.29, 1.82) is 0 Å². The number of anilines is 1. The molecular formula is C18H17ClN2O. The zero-order valence-corrected chi connectivity index (χ0v) is 13.3. The van der Waals surface area contributed by atoms with Crippen LogP contribution in [0.1, 0.15) is 16.7 Å². The van der Waals surface area contributed by atoms with Crippen molar-refractivity contribution in [2.24, 2.45) is 0 Å². The van der Waals surface area contributed by atoms with Crippen molar-refractivity contribution in [2.75, 3.05) is 5.32 Å². The van der Waals surface area contributed by atoms with Gasteiger partial charge in [-0.1, -0.05) is 35.4 Å². The minimum atomic E-state index is -0.0704. The molecule has 0 fully saturated rings. The molecule has 0 aliphatic carbocycles. The normalized spacial score (nSPS) is 10.9. The van der Waals surface area contributed by atoms with E-state index in [1.165, 1.54) is 5.56 Å². The summed E-state index contributed by atoms with van der Waals surface area (Å²) in [4.78, 5) is 15.2. The zero-order chi connectivity index (χ0) is 15.7. The maximum atomic E-state index is 12.2. The Morgan fingerprint density at radius 1 is 1.14 bits per heavy atom. The van der Waals surface area contributed by atoms with Gasteiger partial charge in [0.05, 0.1) is 16.2 Å². The molecule has 2 N–H and O–H groups in total. The van der Waals surface area contributed by atoms with Gasteiger partial charge in [-0.25, -0.2) is 0 Å². The number of aromatic nitrogens is 1. The molecule has 0 saturated heterocycles. The predicted octanol–water partition coefficient (Wildman–Crippen LogP) is 4.41. The van der Waals surface area contributed by atoms with E-state index in [2.05, 4.69) is 29.4 Å². The molecule has 0 radical (unpaired) electrons. The Morgan fingerprint density at radius 3 is 2.68 bits per heavy atom. The number of rotatable bonds is 3. The van der Waals surface area contributed by atoms with Gasteiger partial charge in [0, 0.05) is 12.1 Å². The fourth-order valence-electron chi connectivity index (χ4n) is 2.66. The highest BCUT2D eigenvalue weighted by molar-refractivity contribution is 6.33. The van der Waals surface area contributed by atoms with E-state index in [-0.39, 0.29) is 5.56 Å². The van der Waals surface area contributed by atoms with Gasteiger partial charge >= 0.3 is 0 Å². The number of aryl methyl sites for hydroxylation is 2. The van der Waals surface area contributed by atoms with Gasteiger partial charge in [0.25, 0.3) is 5.56 Å². The van der Waals surface area contributed by atoms with E-state index in [1.54, 1.807) is 0 Å². The summed E-state index contributed by atoms with van der Waals surface area (Å²) in [6.07, 6.45) is 0. The van der Waals surface area contributed by atoms with E-state index in [0.717, 1.165) is 22.2 Å². The van der Waals surface area contributed by atoms with Gasteiger partial charge in [-0.15, -0.1) is 0 Å². The standard InChI is InChI=1S/C18H17ClN2O/c1-11-7-12(2)17-13(8-11)9-14(18(22)21-17)10-20-16-6-4-3-5-15(16)19/h3-9,20H,10H2,1-2H3,(H,21,22). The molecule has 0 bridgehead atoms. The second kappa shape index (κ2) is 5.85. The lowest BCUT2D eigenvalue weighted by Gasteiger charge is -2.10. The topological polar surface area (TPSA) is 44.9 Å². The largest absolute Gasteiger partial charge is 0.380 e. The summed E-state index contributed by atoms with van der Waals surface area (Å²) in [5, 5.41) is 4.91. The Kier molecular flexibility index (Phi) is 3.90. The first-order chi connectivity index (χ1) is 10.5. The molecule has 0 aliphatic rings. The van der Waals surface area contributed by atoms with Crippen LogP contribution in [0.25, 0.3) is 10.9 Å². The van der Waals surface area contributed by atoms with Crippen molar-refractivity contribution >= 4 is 28.2 Å². The number of H-pyrrole nitrogens is 1. The minimum Gasteiger partial charge on any atom is -0.380 e. The quantitative estimate of drug-likeness (QED) is 0.752. The summed E-state index contributed by atoms with van der Waals surface area (Å²) in [5.41, 5.74) is 4.61.